The maximum atomic E-state index is 12.4. The van der Waals surface area contributed by atoms with Crippen molar-refractivity contribution in [2.45, 2.75) is 6.61 Å². The van der Waals surface area contributed by atoms with Crippen LogP contribution in [0, 0.1) is 0 Å². The summed E-state index contributed by atoms with van der Waals surface area (Å²) in [5.41, 5.74) is 1.84. The first-order chi connectivity index (χ1) is 10.1. The van der Waals surface area contributed by atoms with Crippen molar-refractivity contribution in [2.75, 3.05) is 0 Å². The van der Waals surface area contributed by atoms with Gasteiger partial charge in [0.05, 0.1) is 0 Å². The molecule has 3 nitrogen and oxygen atoms in total. The Balaban J connectivity index is 1.91. The fourth-order valence-electron chi connectivity index (χ4n) is 2.20. The lowest BCUT2D eigenvalue weighted by Crippen LogP contribution is -2.03. The highest BCUT2D eigenvalue weighted by Gasteiger charge is 2.14. The maximum Gasteiger partial charge on any atom is 0.387 e. The van der Waals surface area contributed by atoms with Gasteiger partial charge in [-0.25, -0.2) is 0 Å². The molecule has 0 amide bonds. The molecule has 21 heavy (non-hydrogen) atoms. The van der Waals surface area contributed by atoms with Gasteiger partial charge in [-0.05, 0) is 30.3 Å². The minimum Gasteiger partial charge on any atom is -0.435 e. The Bertz CT molecular complexity index is 778. The summed E-state index contributed by atoms with van der Waals surface area (Å²) < 4.78 is 28.4. The number of ether oxygens (including phenoxy) is 1. The molecule has 0 aliphatic heterocycles. The van der Waals surface area contributed by atoms with Gasteiger partial charge < -0.3 is 9.72 Å². The standard InChI is InChI=1S/C16H11F2NO2/c17-16(18)21-11-7-5-10(6-8-11)15(20)13-9-19-14-4-2-1-3-12(13)14/h1-9,16,19H. The fraction of sp³-hybridized carbons (Fsp3) is 0.0625. The average molecular weight is 287 g/mol. The highest BCUT2D eigenvalue weighted by Crippen LogP contribution is 2.22. The highest BCUT2D eigenvalue weighted by molar-refractivity contribution is 6.16. The average Bonchev–Trinajstić information content (AvgIpc) is 2.90. The minimum absolute atomic E-state index is 0.0282. The SMILES string of the molecule is O=C(c1ccc(OC(F)F)cc1)c1c[nH]c2ccccc12. The van der Waals surface area contributed by atoms with Gasteiger partial charge >= 0.3 is 6.61 Å². The van der Waals surface area contributed by atoms with Crippen LogP contribution in [-0.4, -0.2) is 17.4 Å². The Morgan fingerprint density at radius 2 is 1.76 bits per heavy atom. The van der Waals surface area contributed by atoms with Gasteiger partial charge in [-0.2, -0.15) is 8.78 Å². The van der Waals surface area contributed by atoms with E-state index in [1.54, 1.807) is 6.20 Å². The van der Waals surface area contributed by atoms with Crippen LogP contribution in [-0.2, 0) is 0 Å². The second-order valence-corrected chi connectivity index (χ2v) is 4.48. The maximum absolute atomic E-state index is 12.4. The van der Waals surface area contributed by atoms with Gasteiger partial charge in [0.2, 0.25) is 0 Å². The number of hydrogen-bond donors (Lipinski definition) is 1. The first-order valence-corrected chi connectivity index (χ1v) is 6.31. The van der Waals surface area contributed by atoms with E-state index in [1.165, 1.54) is 24.3 Å². The van der Waals surface area contributed by atoms with Crippen molar-refractivity contribution in [3.05, 3.63) is 65.9 Å². The molecule has 0 bridgehead atoms. The van der Waals surface area contributed by atoms with E-state index in [1.807, 2.05) is 24.3 Å². The first-order valence-electron chi connectivity index (χ1n) is 6.31. The van der Waals surface area contributed by atoms with Crippen LogP contribution in [0.3, 0.4) is 0 Å². The molecular formula is C16H11F2NO2. The molecule has 0 aliphatic carbocycles. The molecule has 0 saturated heterocycles. The van der Waals surface area contributed by atoms with E-state index >= 15 is 0 Å². The molecule has 1 heterocycles. The highest BCUT2D eigenvalue weighted by atomic mass is 19.3. The summed E-state index contributed by atoms with van der Waals surface area (Å²) in [6, 6.07) is 13.1. The van der Waals surface area contributed by atoms with Crippen molar-refractivity contribution in [1.29, 1.82) is 0 Å². The van der Waals surface area contributed by atoms with Crippen molar-refractivity contribution < 1.29 is 18.3 Å². The zero-order valence-corrected chi connectivity index (χ0v) is 10.8. The molecule has 1 N–H and O–H groups in total. The Kier molecular flexibility index (Phi) is 3.39. The summed E-state index contributed by atoms with van der Waals surface area (Å²) >= 11 is 0. The zero-order valence-electron chi connectivity index (χ0n) is 10.8. The minimum atomic E-state index is -2.87. The zero-order chi connectivity index (χ0) is 14.8. The van der Waals surface area contributed by atoms with E-state index in [9.17, 15) is 13.6 Å². The molecule has 3 rings (SSSR count). The first kappa shape index (κ1) is 13.3. The Morgan fingerprint density at radius 3 is 2.48 bits per heavy atom. The Labute approximate surface area is 119 Å². The third kappa shape index (κ3) is 2.63. The molecule has 2 aromatic carbocycles. The molecule has 0 aliphatic rings. The van der Waals surface area contributed by atoms with E-state index < -0.39 is 6.61 Å². The second kappa shape index (κ2) is 5.36. The van der Waals surface area contributed by atoms with Crippen LogP contribution in [0.25, 0.3) is 10.9 Å². The van der Waals surface area contributed by atoms with Gasteiger partial charge in [0, 0.05) is 28.2 Å². The van der Waals surface area contributed by atoms with Crippen molar-refractivity contribution >= 4 is 16.7 Å². The Morgan fingerprint density at radius 1 is 1.05 bits per heavy atom. The summed E-state index contributed by atoms with van der Waals surface area (Å²) in [7, 11) is 0. The molecule has 1 aromatic heterocycles. The summed E-state index contributed by atoms with van der Waals surface area (Å²) in [5, 5.41) is 0.829. The van der Waals surface area contributed by atoms with Gasteiger partial charge in [0.25, 0.3) is 0 Å². The van der Waals surface area contributed by atoms with Crippen molar-refractivity contribution in [3.8, 4) is 5.75 Å². The van der Waals surface area contributed by atoms with Crippen LogP contribution >= 0.6 is 0 Å². The van der Waals surface area contributed by atoms with Crippen LogP contribution in [0.15, 0.2) is 54.7 Å². The van der Waals surface area contributed by atoms with Crippen LogP contribution in [0.4, 0.5) is 8.78 Å². The lowest BCUT2D eigenvalue weighted by Gasteiger charge is -2.05. The van der Waals surface area contributed by atoms with E-state index in [0.717, 1.165) is 10.9 Å². The molecular weight excluding hydrogens is 276 g/mol. The van der Waals surface area contributed by atoms with Gasteiger partial charge in [0.15, 0.2) is 5.78 Å². The number of aromatic amines is 1. The number of rotatable bonds is 4. The molecule has 0 saturated carbocycles. The van der Waals surface area contributed by atoms with E-state index in [4.69, 9.17) is 0 Å². The van der Waals surface area contributed by atoms with Crippen molar-refractivity contribution in [2.24, 2.45) is 0 Å². The van der Waals surface area contributed by atoms with Crippen LogP contribution in [0.1, 0.15) is 15.9 Å². The normalized spacial score (nSPS) is 11.0. The summed E-state index contributed by atoms with van der Waals surface area (Å²) in [5.74, 6) is -0.142. The van der Waals surface area contributed by atoms with Crippen LogP contribution in [0.5, 0.6) is 5.75 Å². The number of para-hydroxylation sites is 1. The Hall–Kier alpha value is -2.69. The number of H-pyrrole nitrogens is 1. The summed E-state index contributed by atoms with van der Waals surface area (Å²) in [6.45, 7) is -2.87. The topological polar surface area (TPSA) is 42.1 Å². The number of nitrogens with one attached hydrogen (secondary N) is 1. The second-order valence-electron chi connectivity index (χ2n) is 4.48. The lowest BCUT2D eigenvalue weighted by atomic mass is 10.0. The molecule has 0 unspecified atom stereocenters. The fourth-order valence-corrected chi connectivity index (χ4v) is 2.20. The lowest BCUT2D eigenvalue weighted by molar-refractivity contribution is -0.0498. The van der Waals surface area contributed by atoms with E-state index in [-0.39, 0.29) is 11.5 Å². The monoisotopic (exact) mass is 287 g/mol. The quantitative estimate of drug-likeness (QED) is 0.737. The molecule has 106 valence electrons. The predicted molar refractivity (Wildman–Crippen MR) is 74.8 cm³/mol. The van der Waals surface area contributed by atoms with Gasteiger partial charge in [0.1, 0.15) is 5.75 Å². The number of carbonyl (C=O) groups is 1. The number of alkyl halides is 2. The smallest absolute Gasteiger partial charge is 0.387 e. The predicted octanol–water partition coefficient (Wildman–Crippen LogP) is 4.00. The number of carbonyl (C=O) groups excluding carboxylic acids is 1. The number of ketones is 1. The number of benzene rings is 2. The number of aromatic nitrogens is 1. The molecule has 0 spiro atoms. The summed E-state index contributed by atoms with van der Waals surface area (Å²) in [4.78, 5) is 15.5. The number of fused-ring (bicyclic) bond motifs is 1. The van der Waals surface area contributed by atoms with Gasteiger partial charge in [-0.1, -0.05) is 18.2 Å². The van der Waals surface area contributed by atoms with E-state index in [0.29, 0.717) is 11.1 Å². The van der Waals surface area contributed by atoms with Crippen LogP contribution < -0.4 is 4.74 Å². The third-order valence-electron chi connectivity index (χ3n) is 3.18. The molecule has 5 heteroatoms. The molecule has 0 radical (unpaired) electrons. The van der Waals surface area contributed by atoms with Crippen LogP contribution in [0.2, 0.25) is 0 Å². The molecule has 0 atom stereocenters. The molecule has 3 aromatic rings. The number of hydrogen-bond acceptors (Lipinski definition) is 2. The van der Waals surface area contributed by atoms with Gasteiger partial charge in [-0.15, -0.1) is 0 Å². The summed E-state index contributed by atoms with van der Waals surface area (Å²) in [6.07, 6.45) is 1.65. The van der Waals surface area contributed by atoms with Crippen molar-refractivity contribution in [3.63, 3.8) is 0 Å². The number of halogens is 2. The van der Waals surface area contributed by atoms with Gasteiger partial charge in [-0.3, -0.25) is 4.79 Å². The molecule has 0 fully saturated rings. The largest absolute Gasteiger partial charge is 0.435 e. The van der Waals surface area contributed by atoms with E-state index in [2.05, 4.69) is 9.72 Å². The third-order valence-corrected chi connectivity index (χ3v) is 3.18. The van der Waals surface area contributed by atoms with Crippen molar-refractivity contribution in [1.82, 2.24) is 4.98 Å².